The van der Waals surface area contributed by atoms with E-state index < -0.39 is 0 Å². The van der Waals surface area contributed by atoms with Crippen molar-refractivity contribution in [3.63, 3.8) is 0 Å². The van der Waals surface area contributed by atoms with Crippen LogP contribution in [0.25, 0.3) is 55.4 Å². The van der Waals surface area contributed by atoms with Gasteiger partial charge in [0.1, 0.15) is 0 Å². The molecule has 0 spiro atoms. The molecular weight excluding hydrogens is 480 g/mol. The molecule has 6 rings (SSSR count). The molecule has 0 saturated heterocycles. The monoisotopic (exact) mass is 510 g/mol. The molecule has 6 aromatic rings. The van der Waals surface area contributed by atoms with Crippen LogP contribution in [-0.2, 0) is 0 Å². The van der Waals surface area contributed by atoms with E-state index in [1.165, 1.54) is 38.2 Å². The average molecular weight is 511 g/mol. The predicted octanol–water partition coefficient (Wildman–Crippen LogP) is 11.2. The molecule has 0 aliphatic rings. The lowest BCUT2D eigenvalue weighted by Gasteiger charge is -2.17. The van der Waals surface area contributed by atoms with Crippen LogP contribution in [0.1, 0.15) is 11.1 Å². The van der Waals surface area contributed by atoms with E-state index in [1.54, 1.807) is 0 Å². The van der Waals surface area contributed by atoms with Gasteiger partial charge in [-0.2, -0.15) is 0 Å². The summed E-state index contributed by atoms with van der Waals surface area (Å²) in [5.74, 6) is 0. The molecule has 0 aliphatic carbocycles. The summed E-state index contributed by atoms with van der Waals surface area (Å²) in [7, 11) is 0. The number of fused-ring (bicyclic) bond motifs is 2. The van der Waals surface area contributed by atoms with Crippen molar-refractivity contribution in [2.24, 2.45) is 0 Å². The van der Waals surface area contributed by atoms with Gasteiger partial charge in [-0.05, 0) is 60.5 Å². The molecule has 0 aromatic heterocycles. The van der Waals surface area contributed by atoms with Crippen molar-refractivity contribution in [3.05, 3.63) is 182 Å². The van der Waals surface area contributed by atoms with E-state index in [-0.39, 0.29) is 0 Å². The zero-order valence-electron chi connectivity index (χ0n) is 22.4. The molecule has 0 nitrogen and oxygen atoms in total. The number of benzene rings is 5. The fraction of sp³-hybridized carbons (Fsp3) is 0. The highest BCUT2D eigenvalue weighted by atomic mass is 14.2. The third-order valence-electron chi connectivity index (χ3n) is 7.26. The van der Waals surface area contributed by atoms with Crippen LogP contribution in [0, 0.1) is 0 Å². The van der Waals surface area contributed by atoms with Crippen LogP contribution >= 0.6 is 0 Å². The molecule has 190 valence electrons. The van der Waals surface area contributed by atoms with E-state index in [0.717, 1.165) is 22.3 Å². The van der Waals surface area contributed by atoms with Crippen molar-refractivity contribution >= 4 is 33.2 Å². The van der Waals surface area contributed by atoms with Crippen molar-refractivity contribution in [1.82, 2.24) is 0 Å². The standard InChI is InChI=1S/C40H30/c1-30(26-27-31-16-6-4-7-17-31)32-18-8-2-3-9-21-34(29-28-32)40-37-24-14-12-22-35(37)39(33-19-10-5-11-20-33)36-23-13-15-25-38(36)40/h2-29H,1H2/b3-2?,8-2?,9-3?,18-8?,21-9?,27-26-,29-28?,32-18?,32-28?,34-21?,34-29?. The molecule has 0 radical (unpaired) electrons. The van der Waals surface area contributed by atoms with Gasteiger partial charge in [0.25, 0.3) is 0 Å². The summed E-state index contributed by atoms with van der Waals surface area (Å²) in [4.78, 5) is 0. The molecule has 0 unspecified atom stereocenters. The van der Waals surface area contributed by atoms with E-state index in [4.69, 9.17) is 0 Å². The molecule has 0 fully saturated rings. The van der Waals surface area contributed by atoms with Gasteiger partial charge in [0.15, 0.2) is 0 Å². The lowest BCUT2D eigenvalue weighted by molar-refractivity contribution is 1.63. The summed E-state index contributed by atoms with van der Waals surface area (Å²) in [5, 5.41) is 4.99. The van der Waals surface area contributed by atoms with Gasteiger partial charge in [-0.25, -0.2) is 0 Å². The second-order valence-corrected chi connectivity index (χ2v) is 9.82. The molecule has 0 aliphatic heterocycles. The third-order valence-corrected chi connectivity index (χ3v) is 7.26. The van der Waals surface area contributed by atoms with Crippen LogP contribution < -0.4 is 0 Å². The Morgan fingerprint density at radius 3 is 1.32 bits per heavy atom. The smallest absolute Gasteiger partial charge is 0.00264 e. The summed E-state index contributed by atoms with van der Waals surface area (Å²) in [5.41, 5.74) is 8.09. The Labute approximate surface area is 236 Å². The summed E-state index contributed by atoms with van der Waals surface area (Å²) >= 11 is 0. The molecule has 0 amide bonds. The van der Waals surface area contributed by atoms with Gasteiger partial charge in [0, 0.05) is 0 Å². The van der Waals surface area contributed by atoms with Gasteiger partial charge in [-0.15, -0.1) is 0 Å². The van der Waals surface area contributed by atoms with E-state index in [9.17, 15) is 0 Å². The second kappa shape index (κ2) is 11.7. The van der Waals surface area contributed by atoms with Gasteiger partial charge >= 0.3 is 0 Å². The van der Waals surface area contributed by atoms with Crippen LogP contribution in [0.4, 0.5) is 0 Å². The maximum atomic E-state index is 4.38. The minimum absolute atomic E-state index is 0.961. The highest BCUT2D eigenvalue weighted by molar-refractivity contribution is 6.21. The van der Waals surface area contributed by atoms with Crippen LogP contribution in [0.15, 0.2) is 170 Å². The minimum Gasteiger partial charge on any atom is -0.0912 e. The fourth-order valence-electron chi connectivity index (χ4n) is 5.33. The second-order valence-electron chi connectivity index (χ2n) is 9.82. The Morgan fingerprint density at radius 1 is 0.400 bits per heavy atom. The van der Waals surface area contributed by atoms with Gasteiger partial charge in [-0.3, -0.25) is 0 Å². The highest BCUT2D eigenvalue weighted by Gasteiger charge is 2.15. The maximum Gasteiger partial charge on any atom is -0.00264 e. The molecule has 0 N–H and O–H groups in total. The Kier molecular flexibility index (Phi) is 7.33. The number of hydrogen-bond acceptors (Lipinski definition) is 0. The van der Waals surface area contributed by atoms with Crippen LogP contribution in [0.5, 0.6) is 0 Å². The van der Waals surface area contributed by atoms with Gasteiger partial charge in [-0.1, -0.05) is 176 Å². The highest BCUT2D eigenvalue weighted by Crippen LogP contribution is 2.43. The topological polar surface area (TPSA) is 0 Å². The third kappa shape index (κ3) is 5.21. The first-order chi connectivity index (χ1) is 19.8. The Hall–Kier alpha value is -5.20. The Morgan fingerprint density at radius 2 is 0.800 bits per heavy atom. The summed E-state index contributed by atoms with van der Waals surface area (Å²) < 4.78 is 0. The molecule has 0 bridgehead atoms. The van der Waals surface area contributed by atoms with Gasteiger partial charge in [0.2, 0.25) is 0 Å². The number of hydrogen-bond donors (Lipinski definition) is 0. The summed E-state index contributed by atoms with van der Waals surface area (Å²) in [6.45, 7) is 4.38. The number of allylic oxidation sites excluding steroid dienone is 2. The minimum atomic E-state index is 0.961. The van der Waals surface area contributed by atoms with Crippen molar-refractivity contribution < 1.29 is 0 Å². The Bertz CT molecular complexity index is 1840. The first kappa shape index (κ1) is 25.1. The zero-order valence-corrected chi connectivity index (χ0v) is 22.4. The Balaban J connectivity index is 1.57. The van der Waals surface area contributed by atoms with E-state index in [0.29, 0.717) is 0 Å². The summed E-state index contributed by atoms with van der Waals surface area (Å²) in [6, 6.07) is 55.7. The molecular formula is C40H30. The maximum absolute atomic E-state index is 4.38. The molecule has 0 saturated carbocycles. The van der Waals surface area contributed by atoms with Crippen LogP contribution in [-0.4, -0.2) is 0 Å². The van der Waals surface area contributed by atoms with E-state index >= 15 is 0 Å². The summed E-state index contributed by atoms with van der Waals surface area (Å²) in [6.07, 6.45) is 4.20. The lowest BCUT2D eigenvalue weighted by Crippen LogP contribution is -1.90. The average Bonchev–Trinajstić information content (AvgIpc) is 3.02. The van der Waals surface area contributed by atoms with Gasteiger partial charge in [0.05, 0.1) is 0 Å². The normalized spacial score (nSPS) is 11.0. The first-order valence-electron chi connectivity index (χ1n) is 13.6. The largest absolute Gasteiger partial charge is 0.0912 e. The zero-order chi connectivity index (χ0) is 27.1. The van der Waals surface area contributed by atoms with Crippen molar-refractivity contribution in [2.45, 2.75) is 0 Å². The lowest BCUT2D eigenvalue weighted by atomic mass is 9.86. The van der Waals surface area contributed by atoms with Crippen molar-refractivity contribution in [1.29, 1.82) is 0 Å². The molecule has 0 atom stereocenters. The quantitative estimate of drug-likeness (QED) is 0.160. The molecule has 6 aromatic carbocycles. The van der Waals surface area contributed by atoms with Crippen LogP contribution in [0.2, 0.25) is 0 Å². The van der Waals surface area contributed by atoms with Crippen molar-refractivity contribution in [3.8, 4) is 22.3 Å². The molecule has 0 heteroatoms. The van der Waals surface area contributed by atoms with Gasteiger partial charge < -0.3 is 0 Å². The number of rotatable bonds is 5. The predicted molar refractivity (Wildman–Crippen MR) is 174 cm³/mol. The van der Waals surface area contributed by atoms with E-state index in [1.807, 2.05) is 6.07 Å². The van der Waals surface area contributed by atoms with Crippen LogP contribution in [0.3, 0.4) is 0 Å². The van der Waals surface area contributed by atoms with Crippen molar-refractivity contribution in [2.75, 3.05) is 0 Å². The first-order valence-corrected chi connectivity index (χ1v) is 13.6. The molecule has 40 heavy (non-hydrogen) atoms. The molecule has 0 heterocycles. The fourth-order valence-corrected chi connectivity index (χ4v) is 5.33. The van der Waals surface area contributed by atoms with E-state index in [2.05, 4.69) is 170 Å². The SMILES string of the molecule is C=C(/C=C\c1ccccc1)c1ccccccc(-c2c3ccccc3c(-c3ccccc3)c3ccccc23)cc1.